The van der Waals surface area contributed by atoms with Crippen molar-refractivity contribution in [3.8, 4) is 17.2 Å². The van der Waals surface area contributed by atoms with E-state index in [1.54, 1.807) is 36.4 Å². The predicted molar refractivity (Wildman–Crippen MR) is 114 cm³/mol. The highest BCUT2D eigenvalue weighted by molar-refractivity contribution is 9.10. The fourth-order valence-electron chi connectivity index (χ4n) is 3.08. The summed E-state index contributed by atoms with van der Waals surface area (Å²) in [6.45, 7) is -0.562. The summed E-state index contributed by atoms with van der Waals surface area (Å²) in [7, 11) is 3.00. The molecule has 0 radical (unpaired) electrons. The van der Waals surface area contributed by atoms with Gasteiger partial charge in [-0.15, -0.1) is 0 Å². The molecule has 3 rings (SSSR count). The molecule has 2 aromatic carbocycles. The number of rotatable bonds is 7. The Bertz CT molecular complexity index is 1010. The number of fused-ring (bicyclic) bond motifs is 1. The Kier molecular flexibility index (Phi) is 7.01. The van der Waals surface area contributed by atoms with E-state index in [9.17, 15) is 14.4 Å². The van der Waals surface area contributed by atoms with E-state index in [2.05, 4.69) is 15.9 Å². The predicted octanol–water partition coefficient (Wildman–Crippen LogP) is 1.83. The van der Waals surface area contributed by atoms with Crippen molar-refractivity contribution < 1.29 is 33.3 Å². The largest absolute Gasteiger partial charge is 0.493 e. The van der Waals surface area contributed by atoms with Gasteiger partial charge in [-0.3, -0.25) is 14.4 Å². The van der Waals surface area contributed by atoms with Crippen molar-refractivity contribution in [1.82, 2.24) is 0 Å². The van der Waals surface area contributed by atoms with Crippen LogP contribution in [0.25, 0.3) is 0 Å². The summed E-state index contributed by atoms with van der Waals surface area (Å²) in [5, 5.41) is 0. The first kappa shape index (κ1) is 22.4. The second kappa shape index (κ2) is 9.69. The lowest BCUT2D eigenvalue weighted by atomic mass is 10.1. The Labute approximate surface area is 187 Å². The fourth-order valence-corrected chi connectivity index (χ4v) is 3.54. The Morgan fingerprint density at radius 2 is 1.84 bits per heavy atom. The van der Waals surface area contributed by atoms with E-state index in [1.165, 1.54) is 19.1 Å². The first-order chi connectivity index (χ1) is 14.8. The number of halogens is 1. The van der Waals surface area contributed by atoms with Crippen LogP contribution in [0, 0.1) is 0 Å². The number of carbonyl (C=O) groups is 3. The van der Waals surface area contributed by atoms with Gasteiger partial charge >= 0.3 is 5.97 Å². The monoisotopic (exact) mass is 492 g/mol. The summed E-state index contributed by atoms with van der Waals surface area (Å²) in [6, 6.07) is 10.1. The third-order valence-electron chi connectivity index (χ3n) is 4.64. The van der Waals surface area contributed by atoms with E-state index in [0.717, 1.165) is 0 Å². The van der Waals surface area contributed by atoms with Gasteiger partial charge in [-0.2, -0.15) is 0 Å². The lowest BCUT2D eigenvalue weighted by Gasteiger charge is -2.33. The zero-order valence-corrected chi connectivity index (χ0v) is 18.5. The van der Waals surface area contributed by atoms with Crippen LogP contribution in [0.2, 0.25) is 0 Å². The fraction of sp³-hybridized carbons (Fsp3) is 0.286. The van der Waals surface area contributed by atoms with E-state index in [1.807, 2.05) is 0 Å². The van der Waals surface area contributed by atoms with Crippen LogP contribution in [0.4, 0.5) is 5.69 Å². The van der Waals surface area contributed by atoms with Gasteiger partial charge in [0, 0.05) is 4.47 Å². The smallest absolute Gasteiger partial charge is 0.310 e. The standard InChI is InChI=1S/C21H21BrN2O7/c1-28-16-7-12(13(22)9-17(16)29-2)8-20(26)30-11-19(25)24-10-18(21(23)27)31-15-6-4-3-5-14(15)24/h3-7,9,18H,8,10-11H2,1-2H3,(H2,23,27)/t18-/m1/s1. The number of esters is 1. The molecule has 2 amide bonds. The summed E-state index contributed by atoms with van der Waals surface area (Å²) in [6.07, 6.45) is -1.07. The van der Waals surface area contributed by atoms with Gasteiger partial charge < -0.3 is 29.6 Å². The second-order valence-corrected chi connectivity index (χ2v) is 7.47. The minimum atomic E-state index is -0.989. The number of carbonyl (C=O) groups excluding carboxylic acids is 3. The van der Waals surface area contributed by atoms with Gasteiger partial charge in [0.05, 0.1) is 32.9 Å². The Morgan fingerprint density at radius 3 is 2.52 bits per heavy atom. The molecule has 0 fully saturated rings. The molecule has 164 valence electrons. The number of benzene rings is 2. The van der Waals surface area contributed by atoms with Gasteiger partial charge in [0.15, 0.2) is 24.2 Å². The number of methoxy groups -OCH3 is 2. The quantitative estimate of drug-likeness (QED) is 0.585. The summed E-state index contributed by atoms with van der Waals surface area (Å²) in [5.41, 5.74) is 6.43. The van der Waals surface area contributed by atoms with Crippen molar-refractivity contribution in [3.63, 3.8) is 0 Å². The maximum absolute atomic E-state index is 12.7. The van der Waals surface area contributed by atoms with Gasteiger partial charge in [-0.1, -0.05) is 28.1 Å². The number of ether oxygens (including phenoxy) is 4. The maximum atomic E-state index is 12.7. The number of anilines is 1. The van der Waals surface area contributed by atoms with E-state index in [0.29, 0.717) is 33.0 Å². The van der Waals surface area contributed by atoms with Crippen LogP contribution in [0.1, 0.15) is 5.56 Å². The lowest BCUT2D eigenvalue weighted by molar-refractivity contribution is -0.147. The SMILES string of the molecule is COc1cc(Br)c(CC(=O)OCC(=O)N2C[C@H](C(N)=O)Oc3ccccc32)cc1OC. The molecule has 31 heavy (non-hydrogen) atoms. The van der Waals surface area contributed by atoms with Gasteiger partial charge in [-0.25, -0.2) is 0 Å². The van der Waals surface area contributed by atoms with Crippen LogP contribution in [0.3, 0.4) is 0 Å². The van der Waals surface area contributed by atoms with Gasteiger partial charge in [0.2, 0.25) is 0 Å². The number of para-hydroxylation sites is 2. The molecular weight excluding hydrogens is 472 g/mol. The van der Waals surface area contributed by atoms with Crippen molar-refractivity contribution in [1.29, 1.82) is 0 Å². The third kappa shape index (κ3) is 5.08. The first-order valence-electron chi connectivity index (χ1n) is 9.25. The molecule has 0 aliphatic carbocycles. The first-order valence-corrected chi connectivity index (χ1v) is 10.0. The molecule has 2 N–H and O–H groups in total. The Morgan fingerprint density at radius 1 is 1.16 bits per heavy atom. The summed E-state index contributed by atoms with van der Waals surface area (Å²) in [4.78, 5) is 38.0. The molecule has 1 aliphatic heterocycles. The maximum Gasteiger partial charge on any atom is 0.310 e. The van der Waals surface area contributed by atoms with Crippen LogP contribution >= 0.6 is 15.9 Å². The normalized spacial score (nSPS) is 14.8. The van der Waals surface area contributed by atoms with Crippen molar-refractivity contribution in [3.05, 3.63) is 46.4 Å². The average Bonchev–Trinajstić information content (AvgIpc) is 2.77. The highest BCUT2D eigenvalue weighted by atomic mass is 79.9. The topological polar surface area (TPSA) is 117 Å². The number of hydrogen-bond donors (Lipinski definition) is 1. The summed E-state index contributed by atoms with van der Waals surface area (Å²) < 4.78 is 21.8. The molecule has 0 aromatic heterocycles. The zero-order valence-electron chi connectivity index (χ0n) is 16.9. The summed E-state index contributed by atoms with van der Waals surface area (Å²) >= 11 is 3.38. The van der Waals surface area contributed by atoms with E-state index < -0.39 is 30.5 Å². The molecular formula is C21H21BrN2O7. The average molecular weight is 493 g/mol. The van der Waals surface area contributed by atoms with E-state index in [4.69, 9.17) is 24.7 Å². The van der Waals surface area contributed by atoms with Crippen LogP contribution in [0.15, 0.2) is 40.9 Å². The van der Waals surface area contributed by atoms with Crippen molar-refractivity contribution in [2.75, 3.05) is 32.3 Å². The van der Waals surface area contributed by atoms with Crippen molar-refractivity contribution >= 4 is 39.4 Å². The summed E-state index contributed by atoms with van der Waals surface area (Å²) in [5.74, 6) is -0.464. The molecule has 0 saturated heterocycles. The Balaban J connectivity index is 1.67. The molecule has 2 aromatic rings. The van der Waals surface area contributed by atoms with Gasteiger partial charge in [0.1, 0.15) is 5.75 Å². The highest BCUT2D eigenvalue weighted by Gasteiger charge is 2.33. The zero-order chi connectivity index (χ0) is 22.5. The van der Waals surface area contributed by atoms with E-state index in [-0.39, 0.29) is 13.0 Å². The molecule has 0 spiro atoms. The molecule has 1 heterocycles. The number of nitrogens with zero attached hydrogens (tertiary/aromatic N) is 1. The molecule has 9 nitrogen and oxygen atoms in total. The minimum absolute atomic E-state index is 0.0655. The number of primary amides is 1. The highest BCUT2D eigenvalue weighted by Crippen LogP contribution is 2.34. The second-order valence-electron chi connectivity index (χ2n) is 6.62. The molecule has 0 saturated carbocycles. The number of nitrogens with two attached hydrogens (primary N) is 1. The Hall–Kier alpha value is -3.27. The molecule has 1 atom stereocenters. The van der Waals surface area contributed by atoms with Crippen LogP contribution in [-0.4, -0.2) is 51.3 Å². The minimum Gasteiger partial charge on any atom is -0.493 e. The molecule has 0 bridgehead atoms. The van der Waals surface area contributed by atoms with Gasteiger partial charge in [0.25, 0.3) is 11.8 Å². The lowest BCUT2D eigenvalue weighted by Crippen LogP contribution is -2.50. The van der Waals surface area contributed by atoms with Crippen molar-refractivity contribution in [2.24, 2.45) is 5.73 Å². The number of hydrogen-bond acceptors (Lipinski definition) is 7. The molecule has 10 heteroatoms. The van der Waals surface area contributed by atoms with Crippen LogP contribution < -0.4 is 24.8 Å². The van der Waals surface area contributed by atoms with Gasteiger partial charge in [-0.05, 0) is 29.8 Å². The van der Waals surface area contributed by atoms with Crippen LogP contribution in [0.5, 0.6) is 17.2 Å². The molecule has 0 unspecified atom stereocenters. The molecule has 1 aliphatic rings. The van der Waals surface area contributed by atoms with Crippen molar-refractivity contribution in [2.45, 2.75) is 12.5 Å². The van der Waals surface area contributed by atoms with E-state index >= 15 is 0 Å². The van der Waals surface area contributed by atoms with Crippen LogP contribution in [-0.2, 0) is 25.5 Å². The number of amides is 2. The third-order valence-corrected chi connectivity index (χ3v) is 5.37.